The van der Waals surface area contributed by atoms with Gasteiger partial charge in [0.2, 0.25) is 0 Å². The normalized spacial score (nSPS) is 11.6. The topological polar surface area (TPSA) is 52.1 Å². The molecule has 0 bridgehead atoms. The van der Waals surface area contributed by atoms with E-state index in [0.717, 1.165) is 99.8 Å². The number of benzene rings is 8. The van der Waals surface area contributed by atoms with Gasteiger partial charge < -0.3 is 8.83 Å². The molecule has 0 spiro atoms. The molecule has 0 N–H and O–H groups in total. The highest BCUT2D eigenvalue weighted by molar-refractivity contribution is 6.08. The summed E-state index contributed by atoms with van der Waals surface area (Å²) in [5.74, 6) is 0.680. The van der Waals surface area contributed by atoms with E-state index < -0.39 is 0 Å². The number of fused-ring (bicyclic) bond motifs is 6. The smallest absolute Gasteiger partial charge is 0.160 e. The van der Waals surface area contributed by atoms with Crippen LogP contribution in [0.3, 0.4) is 0 Å². The molecule has 0 saturated carbocycles. The lowest BCUT2D eigenvalue weighted by Gasteiger charge is -2.15. The maximum atomic E-state index is 6.25. The maximum Gasteiger partial charge on any atom is 0.160 e. The summed E-state index contributed by atoms with van der Waals surface area (Å²) in [4.78, 5) is 10.3. The first kappa shape index (κ1) is 31.9. The Labute approximate surface area is 323 Å². The lowest BCUT2D eigenvalue weighted by Crippen LogP contribution is -1.96. The molecule has 0 saturated heterocycles. The Bertz CT molecular complexity index is 3230. The molecule has 0 fully saturated rings. The third-order valence-electron chi connectivity index (χ3n) is 10.7. The first-order chi connectivity index (χ1) is 27.7. The van der Waals surface area contributed by atoms with Gasteiger partial charge in [0, 0.05) is 38.2 Å². The Hall–Kier alpha value is -7.56. The Morgan fingerprint density at radius 1 is 0.268 bits per heavy atom. The Balaban J connectivity index is 1.10. The van der Waals surface area contributed by atoms with E-state index in [0.29, 0.717) is 5.82 Å². The van der Waals surface area contributed by atoms with Gasteiger partial charge in [-0.1, -0.05) is 146 Å². The molecule has 3 heterocycles. The van der Waals surface area contributed by atoms with Gasteiger partial charge in [-0.25, -0.2) is 9.97 Å². The van der Waals surface area contributed by atoms with Crippen LogP contribution in [0, 0.1) is 0 Å². The standard InChI is InChI=1S/C52H32N2O2/c1-3-11-33(12-4-1)34-19-21-35(22-20-34)46-32-47(54-52(53-46)36-13-5-2-6-14-36)39-23-26-40(37-24-27-50-44(29-37)41-15-7-9-17-48(41)55-50)43(31-39)38-25-28-51-45(30-38)42-16-8-10-18-49(42)56-51/h1-32H. The van der Waals surface area contributed by atoms with E-state index in [-0.39, 0.29) is 0 Å². The highest BCUT2D eigenvalue weighted by Crippen LogP contribution is 2.41. The van der Waals surface area contributed by atoms with Crippen molar-refractivity contribution in [3.05, 3.63) is 194 Å². The van der Waals surface area contributed by atoms with Crippen molar-refractivity contribution < 1.29 is 8.83 Å². The second-order valence-corrected chi connectivity index (χ2v) is 14.2. The zero-order chi connectivity index (χ0) is 37.0. The molecular weight excluding hydrogens is 685 g/mol. The Morgan fingerprint density at radius 2 is 0.714 bits per heavy atom. The summed E-state index contributed by atoms with van der Waals surface area (Å²) in [6.07, 6.45) is 0. The van der Waals surface area contributed by atoms with Crippen LogP contribution in [0.1, 0.15) is 0 Å². The summed E-state index contributed by atoms with van der Waals surface area (Å²) in [5, 5.41) is 4.38. The molecule has 11 aromatic rings. The number of para-hydroxylation sites is 2. The minimum atomic E-state index is 0.680. The van der Waals surface area contributed by atoms with E-state index in [1.807, 2.05) is 48.5 Å². The number of hydrogen-bond acceptors (Lipinski definition) is 4. The molecule has 0 atom stereocenters. The molecule has 0 unspecified atom stereocenters. The predicted molar refractivity (Wildman–Crippen MR) is 229 cm³/mol. The van der Waals surface area contributed by atoms with Gasteiger partial charge in [-0.3, -0.25) is 0 Å². The zero-order valence-electron chi connectivity index (χ0n) is 30.2. The van der Waals surface area contributed by atoms with Crippen molar-refractivity contribution in [2.75, 3.05) is 0 Å². The molecule has 0 aliphatic rings. The van der Waals surface area contributed by atoms with Crippen LogP contribution >= 0.6 is 0 Å². The number of furan rings is 2. The van der Waals surface area contributed by atoms with E-state index in [2.05, 4.69) is 146 Å². The average molecular weight is 717 g/mol. The van der Waals surface area contributed by atoms with Crippen LogP contribution in [-0.2, 0) is 0 Å². The van der Waals surface area contributed by atoms with Crippen molar-refractivity contribution in [2.45, 2.75) is 0 Å². The average Bonchev–Trinajstić information content (AvgIpc) is 3.84. The summed E-state index contributed by atoms with van der Waals surface area (Å²) < 4.78 is 12.5. The first-order valence-electron chi connectivity index (χ1n) is 18.8. The van der Waals surface area contributed by atoms with Crippen LogP contribution in [0.15, 0.2) is 203 Å². The molecule has 4 nitrogen and oxygen atoms in total. The number of aromatic nitrogens is 2. The predicted octanol–water partition coefficient (Wildman–Crippen LogP) is 14.3. The van der Waals surface area contributed by atoms with Gasteiger partial charge in [-0.15, -0.1) is 0 Å². The quantitative estimate of drug-likeness (QED) is 0.172. The van der Waals surface area contributed by atoms with Crippen molar-refractivity contribution in [3.8, 4) is 67.3 Å². The minimum absolute atomic E-state index is 0.680. The fourth-order valence-electron chi connectivity index (χ4n) is 7.90. The van der Waals surface area contributed by atoms with Crippen molar-refractivity contribution in [3.63, 3.8) is 0 Å². The van der Waals surface area contributed by atoms with Crippen LogP contribution in [0.5, 0.6) is 0 Å². The molecule has 0 aliphatic heterocycles. The van der Waals surface area contributed by atoms with Crippen LogP contribution in [-0.4, -0.2) is 9.97 Å². The highest BCUT2D eigenvalue weighted by Gasteiger charge is 2.17. The van der Waals surface area contributed by atoms with Gasteiger partial charge in [0.15, 0.2) is 5.82 Å². The summed E-state index contributed by atoms with van der Waals surface area (Å²) in [7, 11) is 0. The number of hydrogen-bond donors (Lipinski definition) is 0. The van der Waals surface area contributed by atoms with Gasteiger partial charge in [0.1, 0.15) is 22.3 Å². The van der Waals surface area contributed by atoms with Gasteiger partial charge in [-0.05, 0) is 81.9 Å². The third kappa shape index (κ3) is 5.55. The largest absolute Gasteiger partial charge is 0.456 e. The van der Waals surface area contributed by atoms with Crippen molar-refractivity contribution in [2.24, 2.45) is 0 Å². The highest BCUT2D eigenvalue weighted by atomic mass is 16.3. The number of rotatable bonds is 6. The lowest BCUT2D eigenvalue weighted by atomic mass is 9.90. The monoisotopic (exact) mass is 716 g/mol. The molecule has 11 rings (SSSR count). The molecule has 8 aromatic carbocycles. The van der Waals surface area contributed by atoms with E-state index in [1.165, 1.54) is 5.56 Å². The Morgan fingerprint density at radius 3 is 1.34 bits per heavy atom. The van der Waals surface area contributed by atoms with Gasteiger partial charge >= 0.3 is 0 Å². The molecular formula is C52H32N2O2. The molecule has 4 heteroatoms. The van der Waals surface area contributed by atoms with Gasteiger partial charge in [0.05, 0.1) is 11.4 Å². The van der Waals surface area contributed by atoms with Crippen LogP contribution in [0.2, 0.25) is 0 Å². The summed E-state index contributed by atoms with van der Waals surface area (Å²) >= 11 is 0. The molecule has 0 amide bonds. The van der Waals surface area contributed by atoms with Gasteiger partial charge in [-0.2, -0.15) is 0 Å². The van der Waals surface area contributed by atoms with Crippen LogP contribution in [0.4, 0.5) is 0 Å². The Kier molecular flexibility index (Phi) is 7.46. The minimum Gasteiger partial charge on any atom is -0.456 e. The second-order valence-electron chi connectivity index (χ2n) is 14.2. The van der Waals surface area contributed by atoms with E-state index in [9.17, 15) is 0 Å². The fraction of sp³-hybridized carbons (Fsp3) is 0. The SMILES string of the molecule is c1ccc(-c2ccc(-c3cc(-c4ccc(-c5ccc6oc7ccccc7c6c5)c(-c5ccc6oc7ccccc7c6c5)c4)nc(-c4ccccc4)n3)cc2)cc1. The fourth-order valence-corrected chi connectivity index (χ4v) is 7.90. The third-order valence-corrected chi connectivity index (χ3v) is 10.7. The molecule has 3 aromatic heterocycles. The zero-order valence-corrected chi connectivity index (χ0v) is 30.2. The van der Waals surface area contributed by atoms with Crippen molar-refractivity contribution in [1.29, 1.82) is 0 Å². The number of nitrogens with zero attached hydrogens (tertiary/aromatic N) is 2. The molecule has 0 aliphatic carbocycles. The van der Waals surface area contributed by atoms with Crippen molar-refractivity contribution >= 4 is 43.9 Å². The maximum absolute atomic E-state index is 6.25. The van der Waals surface area contributed by atoms with E-state index in [4.69, 9.17) is 18.8 Å². The summed E-state index contributed by atoms with van der Waals surface area (Å²) in [6, 6.07) is 67.5. The lowest BCUT2D eigenvalue weighted by molar-refractivity contribution is 0.668. The second kappa shape index (κ2) is 13.1. The van der Waals surface area contributed by atoms with Crippen LogP contribution < -0.4 is 0 Å². The van der Waals surface area contributed by atoms with E-state index >= 15 is 0 Å². The summed E-state index contributed by atoms with van der Waals surface area (Å²) in [6.45, 7) is 0. The first-order valence-corrected chi connectivity index (χ1v) is 18.8. The van der Waals surface area contributed by atoms with Crippen LogP contribution in [0.25, 0.3) is 111 Å². The molecule has 262 valence electrons. The van der Waals surface area contributed by atoms with Gasteiger partial charge in [0.25, 0.3) is 0 Å². The van der Waals surface area contributed by atoms with Crippen molar-refractivity contribution in [1.82, 2.24) is 9.97 Å². The van der Waals surface area contributed by atoms with E-state index in [1.54, 1.807) is 0 Å². The molecule has 0 radical (unpaired) electrons. The molecule has 56 heavy (non-hydrogen) atoms. The summed E-state index contributed by atoms with van der Waals surface area (Å²) in [5.41, 5.74) is 15.0.